The first-order valence-corrected chi connectivity index (χ1v) is 9.92. The molecule has 0 saturated heterocycles. The van der Waals surface area contributed by atoms with Gasteiger partial charge in [0.2, 0.25) is 0 Å². The van der Waals surface area contributed by atoms with Gasteiger partial charge < -0.3 is 15.4 Å². The Morgan fingerprint density at radius 2 is 1.76 bits per heavy atom. The van der Waals surface area contributed by atoms with Crippen LogP contribution in [-0.4, -0.2) is 25.0 Å². The Balaban J connectivity index is 1.45. The highest BCUT2D eigenvalue weighted by Crippen LogP contribution is 2.15. The standard InChI is InChI=1S/C23H20N2O3S/c1-2-15-28-20-11-5-17(6-12-20)13-14-24-22(26)18-7-9-19(10-8-18)25-23(27)21-4-3-16-29-21/h1,3-12,16H,13-15H2,(H,24,26)(H,25,27). The summed E-state index contributed by atoms with van der Waals surface area (Å²) < 4.78 is 5.33. The quantitative estimate of drug-likeness (QED) is 0.558. The molecule has 29 heavy (non-hydrogen) atoms. The summed E-state index contributed by atoms with van der Waals surface area (Å²) in [5, 5.41) is 7.56. The average Bonchev–Trinajstić information content (AvgIpc) is 3.29. The molecule has 1 aromatic heterocycles. The van der Waals surface area contributed by atoms with Crippen molar-refractivity contribution in [2.75, 3.05) is 18.5 Å². The van der Waals surface area contributed by atoms with Crippen LogP contribution in [0.3, 0.4) is 0 Å². The maximum absolute atomic E-state index is 12.3. The Morgan fingerprint density at radius 1 is 1.00 bits per heavy atom. The van der Waals surface area contributed by atoms with E-state index in [4.69, 9.17) is 11.2 Å². The van der Waals surface area contributed by atoms with Crippen LogP contribution in [0.15, 0.2) is 66.0 Å². The van der Waals surface area contributed by atoms with E-state index in [1.54, 1.807) is 30.3 Å². The minimum absolute atomic E-state index is 0.157. The summed E-state index contributed by atoms with van der Waals surface area (Å²) >= 11 is 1.38. The van der Waals surface area contributed by atoms with Gasteiger partial charge in [0.1, 0.15) is 12.4 Å². The van der Waals surface area contributed by atoms with E-state index in [9.17, 15) is 9.59 Å². The topological polar surface area (TPSA) is 67.4 Å². The molecule has 0 fully saturated rings. The molecule has 2 aromatic carbocycles. The van der Waals surface area contributed by atoms with Gasteiger partial charge in [-0.3, -0.25) is 9.59 Å². The summed E-state index contributed by atoms with van der Waals surface area (Å²) in [5.74, 6) is 2.83. The second-order valence-electron chi connectivity index (χ2n) is 6.15. The van der Waals surface area contributed by atoms with E-state index in [2.05, 4.69) is 16.6 Å². The molecule has 6 heteroatoms. The maximum atomic E-state index is 12.3. The smallest absolute Gasteiger partial charge is 0.265 e. The summed E-state index contributed by atoms with van der Waals surface area (Å²) in [6.45, 7) is 0.756. The van der Waals surface area contributed by atoms with Crippen molar-refractivity contribution >= 4 is 28.8 Å². The maximum Gasteiger partial charge on any atom is 0.265 e. The first-order chi connectivity index (χ1) is 14.2. The minimum Gasteiger partial charge on any atom is -0.481 e. The van der Waals surface area contributed by atoms with Crippen molar-refractivity contribution in [3.05, 3.63) is 82.0 Å². The van der Waals surface area contributed by atoms with Gasteiger partial charge in [-0.1, -0.05) is 24.1 Å². The highest BCUT2D eigenvalue weighted by atomic mass is 32.1. The van der Waals surface area contributed by atoms with E-state index in [-0.39, 0.29) is 18.4 Å². The molecule has 3 rings (SSSR count). The molecule has 0 unspecified atom stereocenters. The number of hydrogen-bond acceptors (Lipinski definition) is 4. The molecule has 0 aliphatic carbocycles. The third kappa shape index (κ3) is 5.96. The fourth-order valence-corrected chi connectivity index (χ4v) is 3.22. The van der Waals surface area contributed by atoms with E-state index in [1.807, 2.05) is 35.7 Å². The van der Waals surface area contributed by atoms with Gasteiger partial charge in [0.25, 0.3) is 11.8 Å². The van der Waals surface area contributed by atoms with Crippen molar-refractivity contribution in [2.45, 2.75) is 6.42 Å². The zero-order valence-corrected chi connectivity index (χ0v) is 16.5. The lowest BCUT2D eigenvalue weighted by Gasteiger charge is -2.08. The highest BCUT2D eigenvalue weighted by Gasteiger charge is 2.08. The molecule has 146 valence electrons. The molecule has 0 saturated carbocycles. The van der Waals surface area contributed by atoms with Crippen LogP contribution in [0.5, 0.6) is 5.75 Å². The Labute approximate surface area is 173 Å². The Morgan fingerprint density at radius 3 is 2.41 bits per heavy atom. The van der Waals surface area contributed by atoms with Crippen molar-refractivity contribution in [2.24, 2.45) is 0 Å². The summed E-state index contributed by atoms with van der Waals surface area (Å²) in [6.07, 6.45) is 5.87. The molecule has 2 amide bonds. The zero-order valence-electron chi connectivity index (χ0n) is 15.7. The van der Waals surface area contributed by atoms with Crippen LogP contribution in [0.2, 0.25) is 0 Å². The van der Waals surface area contributed by atoms with Crippen LogP contribution >= 0.6 is 11.3 Å². The number of thiophene rings is 1. The number of ether oxygens (including phenoxy) is 1. The van der Waals surface area contributed by atoms with E-state index >= 15 is 0 Å². The molecule has 0 radical (unpaired) electrons. The van der Waals surface area contributed by atoms with Gasteiger partial charge >= 0.3 is 0 Å². The number of terminal acetylenes is 1. The second kappa shape index (κ2) is 10.1. The molecular weight excluding hydrogens is 384 g/mol. The first kappa shape index (κ1) is 20.2. The molecule has 2 N–H and O–H groups in total. The summed E-state index contributed by atoms with van der Waals surface area (Å²) in [5.41, 5.74) is 2.27. The fraction of sp³-hybridized carbons (Fsp3) is 0.130. The van der Waals surface area contributed by atoms with Crippen LogP contribution in [0, 0.1) is 12.3 Å². The number of benzene rings is 2. The normalized spacial score (nSPS) is 10.0. The predicted octanol–water partition coefficient (Wildman–Crippen LogP) is 3.98. The van der Waals surface area contributed by atoms with E-state index < -0.39 is 0 Å². The van der Waals surface area contributed by atoms with Crippen LogP contribution in [0.4, 0.5) is 5.69 Å². The number of hydrogen-bond donors (Lipinski definition) is 2. The largest absolute Gasteiger partial charge is 0.481 e. The van der Waals surface area contributed by atoms with Gasteiger partial charge in [-0.15, -0.1) is 17.8 Å². The first-order valence-electron chi connectivity index (χ1n) is 9.04. The lowest BCUT2D eigenvalue weighted by Crippen LogP contribution is -2.25. The Bertz CT molecular complexity index is 988. The van der Waals surface area contributed by atoms with Crippen LogP contribution in [0.1, 0.15) is 25.6 Å². The number of carbonyl (C=O) groups is 2. The summed E-state index contributed by atoms with van der Waals surface area (Å²) in [7, 11) is 0. The minimum atomic E-state index is -0.159. The molecule has 5 nitrogen and oxygen atoms in total. The van der Waals surface area contributed by atoms with Gasteiger partial charge in [-0.05, 0) is 59.8 Å². The Hall–Kier alpha value is -3.56. The van der Waals surface area contributed by atoms with Gasteiger partial charge in [0, 0.05) is 17.8 Å². The van der Waals surface area contributed by atoms with E-state index in [1.165, 1.54) is 11.3 Å². The zero-order chi connectivity index (χ0) is 20.5. The summed E-state index contributed by atoms with van der Waals surface area (Å²) in [4.78, 5) is 25.0. The van der Waals surface area contributed by atoms with Crippen molar-refractivity contribution in [1.82, 2.24) is 5.32 Å². The van der Waals surface area contributed by atoms with Gasteiger partial charge in [-0.25, -0.2) is 0 Å². The van der Waals surface area contributed by atoms with Crippen molar-refractivity contribution in [3.63, 3.8) is 0 Å². The lowest BCUT2D eigenvalue weighted by molar-refractivity contribution is 0.0953. The third-order valence-electron chi connectivity index (χ3n) is 4.09. The van der Waals surface area contributed by atoms with Crippen molar-refractivity contribution in [1.29, 1.82) is 0 Å². The molecule has 0 aliphatic rings. The number of anilines is 1. The fourth-order valence-electron chi connectivity index (χ4n) is 2.61. The number of carbonyl (C=O) groups excluding carboxylic acids is 2. The molecule has 0 aliphatic heterocycles. The van der Waals surface area contributed by atoms with Gasteiger partial charge in [-0.2, -0.15) is 0 Å². The highest BCUT2D eigenvalue weighted by molar-refractivity contribution is 7.12. The molecule has 1 heterocycles. The molecular formula is C23H20N2O3S. The molecule has 0 bridgehead atoms. The van der Waals surface area contributed by atoms with Crippen LogP contribution in [0.25, 0.3) is 0 Å². The van der Waals surface area contributed by atoms with E-state index in [0.29, 0.717) is 29.1 Å². The molecule has 0 spiro atoms. The molecule has 3 aromatic rings. The lowest BCUT2D eigenvalue weighted by atomic mass is 10.1. The number of nitrogens with one attached hydrogen (secondary N) is 2. The SMILES string of the molecule is C#CCOc1ccc(CCNC(=O)c2ccc(NC(=O)c3cccs3)cc2)cc1. The van der Waals surface area contributed by atoms with Crippen molar-refractivity contribution < 1.29 is 14.3 Å². The van der Waals surface area contributed by atoms with Gasteiger partial charge in [0.05, 0.1) is 4.88 Å². The van der Waals surface area contributed by atoms with E-state index in [0.717, 1.165) is 11.3 Å². The predicted molar refractivity (Wildman–Crippen MR) is 116 cm³/mol. The Kier molecular flexibility index (Phi) is 7.04. The summed E-state index contributed by atoms with van der Waals surface area (Å²) in [6, 6.07) is 18.0. The number of amides is 2. The van der Waals surface area contributed by atoms with Gasteiger partial charge in [0.15, 0.2) is 0 Å². The monoisotopic (exact) mass is 404 g/mol. The molecule has 0 atom stereocenters. The van der Waals surface area contributed by atoms with Crippen LogP contribution < -0.4 is 15.4 Å². The van der Waals surface area contributed by atoms with Crippen molar-refractivity contribution in [3.8, 4) is 18.1 Å². The second-order valence-corrected chi connectivity index (χ2v) is 7.10. The number of rotatable bonds is 8. The van der Waals surface area contributed by atoms with Crippen LogP contribution in [-0.2, 0) is 6.42 Å². The average molecular weight is 404 g/mol. The third-order valence-corrected chi connectivity index (χ3v) is 4.96.